The van der Waals surface area contributed by atoms with Crippen LogP contribution in [0.25, 0.3) is 0 Å². The number of hydrogen-bond acceptors (Lipinski definition) is 2. The second kappa shape index (κ2) is 4.98. The maximum absolute atomic E-state index is 12.2. The van der Waals surface area contributed by atoms with Gasteiger partial charge in [-0.3, -0.25) is 4.79 Å². The molecule has 3 nitrogen and oxygen atoms in total. The van der Waals surface area contributed by atoms with Gasteiger partial charge in [-0.2, -0.15) is 0 Å². The molecule has 0 atom stereocenters. The Bertz CT molecular complexity index is 602. The minimum atomic E-state index is -0.139. The normalized spacial score (nSPS) is 10.4. The maximum Gasteiger partial charge on any atom is 0.259 e. The van der Waals surface area contributed by atoms with Gasteiger partial charge in [0.1, 0.15) is 11.5 Å². The van der Waals surface area contributed by atoms with Crippen LogP contribution in [-0.4, -0.2) is 5.91 Å². The fourth-order valence-electron chi connectivity index (χ4n) is 1.89. The van der Waals surface area contributed by atoms with Crippen LogP contribution in [0.15, 0.2) is 33.2 Å². The van der Waals surface area contributed by atoms with Gasteiger partial charge in [-0.05, 0) is 39.0 Å². The average Bonchev–Trinajstić information content (AvgIpc) is 2.53. The highest BCUT2D eigenvalue weighted by molar-refractivity contribution is 9.10. The van der Waals surface area contributed by atoms with E-state index in [1.165, 1.54) is 0 Å². The number of carbonyl (C=O) groups excluding carboxylic acids is 1. The van der Waals surface area contributed by atoms with Crippen molar-refractivity contribution in [2.24, 2.45) is 0 Å². The van der Waals surface area contributed by atoms with E-state index in [-0.39, 0.29) is 5.91 Å². The largest absolute Gasteiger partial charge is 0.466 e. The number of benzene rings is 1. The number of nitrogens with one attached hydrogen (secondary N) is 1. The molecule has 0 fully saturated rings. The lowest BCUT2D eigenvalue weighted by Crippen LogP contribution is -2.13. The molecule has 94 valence electrons. The maximum atomic E-state index is 12.2. The summed E-state index contributed by atoms with van der Waals surface area (Å²) in [5.41, 5.74) is 2.26. The van der Waals surface area contributed by atoms with Gasteiger partial charge >= 0.3 is 0 Å². The van der Waals surface area contributed by atoms with Crippen LogP contribution in [-0.2, 0) is 0 Å². The van der Waals surface area contributed by atoms with Crippen molar-refractivity contribution in [2.45, 2.75) is 20.8 Å². The van der Waals surface area contributed by atoms with E-state index in [1.807, 2.05) is 38.1 Å². The van der Waals surface area contributed by atoms with Crippen LogP contribution in [0.5, 0.6) is 0 Å². The molecule has 2 aromatic rings. The first-order chi connectivity index (χ1) is 8.49. The van der Waals surface area contributed by atoms with Gasteiger partial charge in [-0.1, -0.05) is 22.0 Å². The van der Waals surface area contributed by atoms with Crippen molar-refractivity contribution in [1.82, 2.24) is 0 Å². The van der Waals surface area contributed by atoms with Crippen molar-refractivity contribution in [1.29, 1.82) is 0 Å². The number of hydrogen-bond donors (Lipinski definition) is 1. The molecule has 0 spiro atoms. The molecule has 18 heavy (non-hydrogen) atoms. The van der Waals surface area contributed by atoms with Crippen molar-refractivity contribution < 1.29 is 9.21 Å². The Morgan fingerprint density at radius 1 is 1.22 bits per heavy atom. The predicted molar refractivity (Wildman–Crippen MR) is 75.0 cm³/mol. The zero-order chi connectivity index (χ0) is 13.3. The van der Waals surface area contributed by atoms with Crippen molar-refractivity contribution in [3.8, 4) is 0 Å². The SMILES string of the molecule is Cc1oc(C)c(C(=O)Nc2cccc(Br)c2)c1C. The molecule has 1 heterocycles. The molecular weight excluding hydrogens is 294 g/mol. The number of halogens is 1. The topological polar surface area (TPSA) is 42.2 Å². The Morgan fingerprint density at radius 2 is 1.94 bits per heavy atom. The van der Waals surface area contributed by atoms with Crippen LogP contribution in [0.2, 0.25) is 0 Å². The molecule has 0 aliphatic heterocycles. The smallest absolute Gasteiger partial charge is 0.259 e. The van der Waals surface area contributed by atoms with Gasteiger partial charge in [0.2, 0.25) is 0 Å². The Kier molecular flexibility index (Phi) is 3.57. The summed E-state index contributed by atoms with van der Waals surface area (Å²) < 4.78 is 6.39. The van der Waals surface area contributed by atoms with Crippen LogP contribution in [0.1, 0.15) is 27.4 Å². The first-order valence-corrected chi connectivity index (χ1v) is 6.42. The van der Waals surface area contributed by atoms with Gasteiger partial charge in [-0.15, -0.1) is 0 Å². The van der Waals surface area contributed by atoms with Crippen LogP contribution in [0.4, 0.5) is 5.69 Å². The molecule has 0 saturated heterocycles. The Labute approximate surface area is 114 Å². The van der Waals surface area contributed by atoms with Crippen molar-refractivity contribution in [2.75, 3.05) is 5.32 Å². The zero-order valence-electron chi connectivity index (χ0n) is 10.5. The van der Waals surface area contributed by atoms with Gasteiger partial charge in [-0.25, -0.2) is 0 Å². The second-order valence-corrected chi connectivity index (χ2v) is 5.09. The minimum Gasteiger partial charge on any atom is -0.466 e. The molecule has 0 aliphatic rings. The summed E-state index contributed by atoms with van der Waals surface area (Å²) in [4.78, 5) is 12.2. The Hall–Kier alpha value is -1.55. The van der Waals surface area contributed by atoms with Gasteiger partial charge in [0, 0.05) is 15.7 Å². The van der Waals surface area contributed by atoms with E-state index in [9.17, 15) is 4.79 Å². The summed E-state index contributed by atoms with van der Waals surface area (Å²) in [7, 11) is 0. The lowest BCUT2D eigenvalue weighted by Gasteiger charge is -2.05. The average molecular weight is 308 g/mol. The van der Waals surface area contributed by atoms with E-state index in [4.69, 9.17) is 4.42 Å². The fourth-order valence-corrected chi connectivity index (χ4v) is 2.29. The zero-order valence-corrected chi connectivity index (χ0v) is 12.1. The molecule has 0 radical (unpaired) electrons. The third-order valence-corrected chi connectivity index (χ3v) is 3.36. The van der Waals surface area contributed by atoms with E-state index in [1.54, 1.807) is 6.92 Å². The third-order valence-electron chi connectivity index (χ3n) is 2.87. The van der Waals surface area contributed by atoms with Gasteiger partial charge in [0.15, 0.2) is 0 Å². The standard InChI is InChI=1S/C14H14BrNO2/c1-8-9(2)18-10(3)13(8)14(17)16-12-6-4-5-11(15)7-12/h4-7H,1-3H3,(H,16,17). The Morgan fingerprint density at radius 3 is 2.50 bits per heavy atom. The van der Waals surface area contributed by atoms with Crippen LogP contribution in [0.3, 0.4) is 0 Å². The number of amides is 1. The number of furan rings is 1. The molecule has 2 rings (SSSR count). The fraction of sp³-hybridized carbons (Fsp3) is 0.214. The summed E-state index contributed by atoms with van der Waals surface area (Å²) in [5.74, 6) is 1.30. The monoisotopic (exact) mass is 307 g/mol. The molecule has 1 amide bonds. The van der Waals surface area contributed by atoms with Gasteiger partial charge in [0.25, 0.3) is 5.91 Å². The number of rotatable bonds is 2. The van der Waals surface area contributed by atoms with E-state index in [0.29, 0.717) is 11.3 Å². The molecule has 1 aromatic carbocycles. The van der Waals surface area contributed by atoms with Crippen LogP contribution < -0.4 is 5.32 Å². The second-order valence-electron chi connectivity index (χ2n) is 4.18. The van der Waals surface area contributed by atoms with Crippen molar-refractivity contribution in [3.05, 3.63) is 51.4 Å². The van der Waals surface area contributed by atoms with E-state index in [0.717, 1.165) is 21.5 Å². The molecule has 1 aromatic heterocycles. The first kappa shape index (κ1) is 12.9. The first-order valence-electron chi connectivity index (χ1n) is 5.62. The lowest BCUT2D eigenvalue weighted by atomic mass is 10.1. The summed E-state index contributed by atoms with van der Waals surface area (Å²) in [6.07, 6.45) is 0. The van der Waals surface area contributed by atoms with Crippen LogP contribution in [0, 0.1) is 20.8 Å². The summed E-state index contributed by atoms with van der Waals surface area (Å²) >= 11 is 3.37. The third kappa shape index (κ3) is 2.48. The molecule has 0 bridgehead atoms. The van der Waals surface area contributed by atoms with Gasteiger partial charge in [0.05, 0.1) is 5.56 Å². The van der Waals surface area contributed by atoms with Crippen LogP contribution >= 0.6 is 15.9 Å². The predicted octanol–water partition coefficient (Wildman–Crippen LogP) is 4.22. The van der Waals surface area contributed by atoms with E-state index < -0.39 is 0 Å². The highest BCUT2D eigenvalue weighted by Gasteiger charge is 2.18. The van der Waals surface area contributed by atoms with E-state index in [2.05, 4.69) is 21.2 Å². The number of carbonyl (C=O) groups is 1. The molecule has 1 N–H and O–H groups in total. The molecular formula is C14H14BrNO2. The highest BCUT2D eigenvalue weighted by atomic mass is 79.9. The van der Waals surface area contributed by atoms with Crippen molar-refractivity contribution >= 4 is 27.5 Å². The molecule has 4 heteroatoms. The lowest BCUT2D eigenvalue weighted by molar-refractivity contribution is 0.102. The van der Waals surface area contributed by atoms with Gasteiger partial charge < -0.3 is 9.73 Å². The van der Waals surface area contributed by atoms with Crippen molar-refractivity contribution in [3.63, 3.8) is 0 Å². The highest BCUT2D eigenvalue weighted by Crippen LogP contribution is 2.22. The van der Waals surface area contributed by atoms with E-state index >= 15 is 0 Å². The summed E-state index contributed by atoms with van der Waals surface area (Å²) in [6.45, 7) is 5.55. The number of aryl methyl sites for hydroxylation is 2. The minimum absolute atomic E-state index is 0.139. The quantitative estimate of drug-likeness (QED) is 0.902. The molecule has 0 aliphatic carbocycles. The number of anilines is 1. The molecule has 0 unspecified atom stereocenters. The summed E-state index contributed by atoms with van der Waals surface area (Å²) in [6, 6.07) is 7.49. The molecule has 0 saturated carbocycles. The Balaban J connectivity index is 2.27. The summed E-state index contributed by atoms with van der Waals surface area (Å²) in [5, 5.41) is 2.87.